The monoisotopic (exact) mass is 526 g/mol. The summed E-state index contributed by atoms with van der Waals surface area (Å²) in [6.45, 7) is 3.68. The molecule has 12 nitrogen and oxygen atoms in total. The number of aliphatic carboxylic acids is 1. The van der Waals surface area contributed by atoms with Crippen LogP contribution in [0.5, 0.6) is 0 Å². The quantitative estimate of drug-likeness (QED) is 0.246. The number of nitrogens with zero attached hydrogens (tertiary/aromatic N) is 1. The van der Waals surface area contributed by atoms with Crippen molar-refractivity contribution in [3.05, 3.63) is 36.0 Å². The summed E-state index contributed by atoms with van der Waals surface area (Å²) in [5.41, 5.74) is 0.555. The normalized spacial score (nSPS) is 17.7. The smallest absolute Gasteiger partial charge is 0.434 e. The summed E-state index contributed by atoms with van der Waals surface area (Å²) in [6.07, 6.45) is 1.17. The fraction of sp³-hybridized carbons (Fsp3) is 0.429. The molecule has 3 rings (SSSR count). The number of aromatic nitrogens is 1. The molecule has 190 valence electrons. The highest BCUT2D eigenvalue weighted by molar-refractivity contribution is 8.14. The number of fused-ring (bicyclic) bond motifs is 1. The Hall–Kier alpha value is -2.86. The number of benzene rings is 1. The molecule has 0 radical (unpaired) electrons. The largest absolute Gasteiger partial charge is 0.480 e. The second-order valence-electron chi connectivity index (χ2n) is 8.62. The number of carboxylic acid groups (broad SMARTS) is 1. The summed E-state index contributed by atoms with van der Waals surface area (Å²) < 4.78 is 12.7. The predicted octanol–water partition coefficient (Wildman–Crippen LogP) is 1.05. The van der Waals surface area contributed by atoms with Crippen molar-refractivity contribution in [1.29, 1.82) is 0 Å². The summed E-state index contributed by atoms with van der Waals surface area (Å²) in [5.74, 6) is -2.39. The minimum absolute atomic E-state index is 0.0110. The van der Waals surface area contributed by atoms with Crippen LogP contribution in [0.2, 0.25) is 0 Å². The molecule has 3 atom stereocenters. The zero-order chi connectivity index (χ0) is 25.9. The molecule has 14 heteroatoms. The van der Waals surface area contributed by atoms with Gasteiger partial charge < -0.3 is 30.8 Å². The number of hydrogen-bond acceptors (Lipinski definition) is 6. The van der Waals surface area contributed by atoms with Gasteiger partial charge >= 0.3 is 13.7 Å². The highest BCUT2D eigenvalue weighted by atomic mass is 32.2. The first-order chi connectivity index (χ1) is 16.4. The highest BCUT2D eigenvalue weighted by Gasteiger charge is 2.33. The number of amides is 3. The van der Waals surface area contributed by atoms with Gasteiger partial charge in [0, 0.05) is 23.8 Å². The molecule has 2 heterocycles. The Labute approximate surface area is 205 Å². The summed E-state index contributed by atoms with van der Waals surface area (Å²) in [6, 6.07) is 3.10. The van der Waals surface area contributed by atoms with E-state index in [1.54, 1.807) is 18.2 Å². The first-order valence-corrected chi connectivity index (χ1v) is 13.3. The van der Waals surface area contributed by atoms with Gasteiger partial charge in [-0.25, -0.2) is 9.36 Å². The molecule has 1 aromatic carbocycles. The molecule has 6 N–H and O–H groups in total. The average Bonchev–Trinajstić information content (AvgIpc) is 3.36. The first kappa shape index (κ1) is 26.7. The molecule has 3 amide bonds. The average molecular weight is 527 g/mol. The van der Waals surface area contributed by atoms with Crippen molar-refractivity contribution in [2.75, 3.05) is 5.75 Å². The number of nitrogens with one attached hydrogen (secondary N) is 3. The maximum atomic E-state index is 13.0. The van der Waals surface area contributed by atoms with Crippen molar-refractivity contribution < 1.29 is 38.6 Å². The minimum atomic E-state index is -4.70. The van der Waals surface area contributed by atoms with Crippen molar-refractivity contribution in [1.82, 2.24) is 20.3 Å². The lowest BCUT2D eigenvalue weighted by molar-refractivity contribution is -0.142. The third-order valence-corrected chi connectivity index (χ3v) is 7.20. The van der Waals surface area contributed by atoms with E-state index < -0.39 is 43.7 Å². The molecular weight excluding hydrogens is 499 g/mol. The molecule has 1 aromatic heterocycles. The van der Waals surface area contributed by atoms with Gasteiger partial charge in [-0.3, -0.25) is 18.7 Å². The van der Waals surface area contributed by atoms with Crippen LogP contribution in [-0.4, -0.2) is 66.1 Å². The van der Waals surface area contributed by atoms with Crippen LogP contribution in [0.3, 0.4) is 0 Å². The van der Waals surface area contributed by atoms with E-state index in [2.05, 4.69) is 16.0 Å². The van der Waals surface area contributed by atoms with Crippen LogP contribution in [0.4, 0.5) is 4.79 Å². The third-order valence-electron chi connectivity index (χ3n) is 5.42. The fourth-order valence-electron chi connectivity index (χ4n) is 3.80. The van der Waals surface area contributed by atoms with E-state index >= 15 is 0 Å². The topological polar surface area (TPSA) is 187 Å². The molecule has 1 aliphatic rings. The van der Waals surface area contributed by atoms with Gasteiger partial charge in [0.15, 0.2) is 0 Å². The van der Waals surface area contributed by atoms with Crippen LogP contribution in [0.25, 0.3) is 10.9 Å². The van der Waals surface area contributed by atoms with Gasteiger partial charge in [-0.1, -0.05) is 43.8 Å². The second kappa shape index (κ2) is 10.8. The molecule has 0 saturated carbocycles. The summed E-state index contributed by atoms with van der Waals surface area (Å²) in [4.78, 5) is 68.2. The lowest BCUT2D eigenvalue weighted by atomic mass is 10.0. The van der Waals surface area contributed by atoms with E-state index in [0.717, 1.165) is 16.1 Å². The maximum Gasteiger partial charge on any atom is 0.434 e. The summed E-state index contributed by atoms with van der Waals surface area (Å²) in [5, 5.41) is 17.4. The molecule has 1 aliphatic heterocycles. The van der Waals surface area contributed by atoms with Crippen LogP contribution < -0.4 is 16.0 Å². The van der Waals surface area contributed by atoms with Crippen molar-refractivity contribution in [2.45, 2.75) is 44.8 Å². The molecule has 0 bridgehead atoms. The van der Waals surface area contributed by atoms with Gasteiger partial charge in [-0.2, -0.15) is 0 Å². The van der Waals surface area contributed by atoms with Crippen molar-refractivity contribution in [2.24, 2.45) is 5.92 Å². The van der Waals surface area contributed by atoms with Crippen LogP contribution in [0.15, 0.2) is 30.5 Å². The maximum absolute atomic E-state index is 13.0. The zero-order valence-electron chi connectivity index (χ0n) is 19.0. The number of carboxylic acids is 1. The van der Waals surface area contributed by atoms with Gasteiger partial charge in [0.1, 0.15) is 18.1 Å². The Bertz CT molecular complexity index is 1190. The number of rotatable bonds is 10. The Morgan fingerprint density at radius 2 is 1.89 bits per heavy atom. The van der Waals surface area contributed by atoms with Crippen molar-refractivity contribution in [3.8, 4) is 0 Å². The molecule has 0 spiro atoms. The van der Waals surface area contributed by atoms with Gasteiger partial charge in [0.25, 0.3) is 5.24 Å². The molecule has 35 heavy (non-hydrogen) atoms. The van der Waals surface area contributed by atoms with E-state index in [0.29, 0.717) is 10.9 Å². The Morgan fingerprint density at radius 1 is 1.20 bits per heavy atom. The van der Waals surface area contributed by atoms with E-state index in [-0.39, 0.29) is 35.3 Å². The Balaban J connectivity index is 1.80. The number of hydrogen-bond donors (Lipinski definition) is 6. The van der Waals surface area contributed by atoms with Crippen molar-refractivity contribution in [3.63, 3.8) is 0 Å². The van der Waals surface area contributed by atoms with Gasteiger partial charge in [0.2, 0.25) is 11.8 Å². The number of para-hydroxylation sites is 1. The fourth-order valence-corrected chi connectivity index (χ4v) is 5.33. The zero-order valence-corrected chi connectivity index (χ0v) is 20.7. The highest BCUT2D eigenvalue weighted by Crippen LogP contribution is 2.42. The van der Waals surface area contributed by atoms with E-state index in [1.165, 1.54) is 12.3 Å². The third kappa shape index (κ3) is 6.63. The standard InChI is InChI=1S/C21H27N4O8PS/c1-11(2)7-14(22-19(27)16-10-35-21(30)24-16)18(26)23-15(20(28)29)8-12-9-25(34(31,32)33)17-6-4-3-5-13(12)17/h3-6,9,11,14-16H,7-8,10H2,1-2H3,(H,22,27)(H,23,26)(H,24,30)(H,28,29)(H2,31,32,33)/t14-,15-,16-/m0/s1. The molecule has 2 aromatic rings. The predicted molar refractivity (Wildman–Crippen MR) is 129 cm³/mol. The lowest BCUT2D eigenvalue weighted by Crippen LogP contribution is -2.55. The lowest BCUT2D eigenvalue weighted by Gasteiger charge is -2.24. The molecule has 0 unspecified atom stereocenters. The van der Waals surface area contributed by atoms with Gasteiger partial charge in [-0.05, 0) is 24.0 Å². The molecule has 1 saturated heterocycles. The van der Waals surface area contributed by atoms with Gasteiger partial charge in [0.05, 0.1) is 5.52 Å². The van der Waals surface area contributed by atoms with Crippen LogP contribution in [0, 0.1) is 5.92 Å². The van der Waals surface area contributed by atoms with Crippen molar-refractivity contribution >= 4 is 53.4 Å². The van der Waals surface area contributed by atoms with Gasteiger partial charge in [-0.15, -0.1) is 0 Å². The molecule has 1 fully saturated rings. The van der Waals surface area contributed by atoms with Crippen LogP contribution >= 0.6 is 19.5 Å². The number of carbonyl (C=O) groups excluding carboxylic acids is 3. The first-order valence-electron chi connectivity index (χ1n) is 10.8. The summed E-state index contributed by atoms with van der Waals surface area (Å²) in [7, 11) is -4.70. The molecule has 0 aliphatic carbocycles. The van der Waals surface area contributed by atoms with Crippen LogP contribution in [0.1, 0.15) is 25.8 Å². The van der Waals surface area contributed by atoms with E-state index in [1.807, 2.05) is 13.8 Å². The van der Waals surface area contributed by atoms with E-state index in [4.69, 9.17) is 0 Å². The van der Waals surface area contributed by atoms with Crippen LogP contribution in [-0.2, 0) is 25.4 Å². The number of thioether (sulfide) groups is 1. The second-order valence-corrected chi connectivity index (χ2v) is 11.1. The summed E-state index contributed by atoms with van der Waals surface area (Å²) >= 11 is 0.957. The Kier molecular flexibility index (Phi) is 8.26. The Morgan fingerprint density at radius 3 is 2.46 bits per heavy atom. The minimum Gasteiger partial charge on any atom is -0.480 e. The SMILES string of the molecule is CC(C)C[C@H](NC(=O)[C@@H]1CSC(=O)N1)C(=O)N[C@@H](Cc1cn(P(=O)(O)O)c2ccccc12)C(=O)O. The van der Waals surface area contributed by atoms with E-state index in [9.17, 15) is 38.6 Å². The number of carbonyl (C=O) groups is 4. The molecular formula is C21H27N4O8PS.